The number of amides is 9. The lowest BCUT2D eigenvalue weighted by molar-refractivity contribution is -0.143. The molecule has 0 heterocycles. The van der Waals surface area contributed by atoms with E-state index in [0.717, 1.165) is 0 Å². The summed E-state index contributed by atoms with van der Waals surface area (Å²) in [5.74, 6) is -10.5. The van der Waals surface area contributed by atoms with Crippen molar-refractivity contribution in [1.82, 2.24) is 42.5 Å². The van der Waals surface area contributed by atoms with Crippen molar-refractivity contribution in [1.29, 1.82) is 0 Å². The van der Waals surface area contributed by atoms with E-state index in [9.17, 15) is 68.4 Å². The first-order valence-corrected chi connectivity index (χ1v) is 28.1. The first-order chi connectivity index (χ1) is 38.8. The van der Waals surface area contributed by atoms with Gasteiger partial charge in [0.05, 0.1) is 12.6 Å². The number of aliphatic hydroxyl groups excluding tert-OH is 1. The number of carbonyl (C=O) groups excluding carboxylic acids is 9. The first-order valence-electron chi connectivity index (χ1n) is 28.1. The van der Waals surface area contributed by atoms with Gasteiger partial charge in [-0.25, -0.2) is 4.79 Å². The fourth-order valence-corrected chi connectivity index (χ4v) is 8.45. The van der Waals surface area contributed by atoms with E-state index >= 15 is 0 Å². The second-order valence-electron chi connectivity index (χ2n) is 20.9. The fourth-order valence-electron chi connectivity index (χ4n) is 8.45. The summed E-state index contributed by atoms with van der Waals surface area (Å²) in [6.45, 7) is 10.0. The van der Waals surface area contributed by atoms with Gasteiger partial charge >= 0.3 is 5.97 Å². The quantitative estimate of drug-likeness (QED) is 0.0351. The number of aliphatic carboxylic acids is 1. The fraction of sp³-hybridized carbons (Fsp3) is 0.607. The smallest absolute Gasteiger partial charge is 0.328 e. The number of aromatic hydroxyl groups is 2. The van der Waals surface area contributed by atoms with Gasteiger partial charge in [0.25, 0.3) is 0 Å². The molecular formula is C56H90N12O14. The summed E-state index contributed by atoms with van der Waals surface area (Å²) in [5, 5.41) is 60.2. The average Bonchev–Trinajstić information content (AvgIpc) is 3.52. The summed E-state index contributed by atoms with van der Waals surface area (Å²) in [5.41, 5.74) is 24.0. The van der Waals surface area contributed by atoms with E-state index in [1.807, 2.05) is 6.92 Å². The molecule has 2 aromatic carbocycles. The molecule has 0 aliphatic heterocycles. The highest BCUT2D eigenvalue weighted by atomic mass is 16.4. The van der Waals surface area contributed by atoms with Gasteiger partial charge in [0.2, 0.25) is 53.2 Å². The van der Waals surface area contributed by atoms with E-state index in [-0.39, 0.29) is 69.0 Å². The van der Waals surface area contributed by atoms with Crippen LogP contribution in [0.3, 0.4) is 0 Å². The lowest BCUT2D eigenvalue weighted by atomic mass is 9.95. The number of benzene rings is 2. The van der Waals surface area contributed by atoms with Gasteiger partial charge in [-0.2, -0.15) is 0 Å². The molecule has 458 valence electrons. The van der Waals surface area contributed by atoms with Crippen LogP contribution in [0.1, 0.15) is 123 Å². The van der Waals surface area contributed by atoms with E-state index in [4.69, 9.17) is 22.9 Å². The van der Waals surface area contributed by atoms with Crippen LogP contribution in [0.2, 0.25) is 0 Å². The van der Waals surface area contributed by atoms with Crippen LogP contribution >= 0.6 is 0 Å². The summed E-state index contributed by atoms with van der Waals surface area (Å²) in [7, 11) is 0. The second kappa shape index (κ2) is 36.8. The highest BCUT2D eigenvalue weighted by molar-refractivity contribution is 5.98. The largest absolute Gasteiger partial charge is 0.508 e. The molecule has 0 aromatic heterocycles. The van der Waals surface area contributed by atoms with E-state index in [1.165, 1.54) is 48.5 Å². The highest BCUT2D eigenvalue weighted by Crippen LogP contribution is 2.18. The number of nitrogens with two attached hydrogens (primary N) is 4. The van der Waals surface area contributed by atoms with Crippen molar-refractivity contribution >= 4 is 59.1 Å². The summed E-state index contributed by atoms with van der Waals surface area (Å²) in [6.07, 6.45) is 1.81. The monoisotopic (exact) mass is 1150 g/mol. The van der Waals surface area contributed by atoms with Crippen LogP contribution in [-0.4, -0.2) is 154 Å². The number of carbonyl (C=O) groups is 10. The molecule has 0 saturated carbocycles. The molecule has 0 bridgehead atoms. The molecule has 12 atom stereocenters. The van der Waals surface area contributed by atoms with Crippen molar-refractivity contribution in [3.63, 3.8) is 0 Å². The molecule has 0 aliphatic carbocycles. The zero-order valence-corrected chi connectivity index (χ0v) is 48.0. The topological polar surface area (TPSA) is 452 Å². The van der Waals surface area contributed by atoms with Gasteiger partial charge in [-0.1, -0.05) is 85.1 Å². The third kappa shape index (κ3) is 24.4. The molecule has 26 heteroatoms. The van der Waals surface area contributed by atoms with Gasteiger partial charge in [0.1, 0.15) is 59.8 Å². The SMILES string of the molecule is CC[C@H](C)[C@H](N)C(=O)N[C@@H](CCC(N)=O)C(=O)N[C@H](C(=O)N[C@@H](CCCCN)C(=O)N[C@@H](Cc1ccc(O)cc1)C(=O)N[C@H](C(=O)N[C@@H](Cc1ccc(O)cc1)C(=O)N[C@@H](CCCCN)C(=O)N[C@@H](CO)C(=O)O)[C@@H](C)CC)[C@@H](C)CC. The average molecular weight is 1160 g/mol. The maximum Gasteiger partial charge on any atom is 0.328 e. The molecule has 26 nitrogen and oxygen atoms in total. The minimum atomic E-state index is -1.69. The molecule has 0 spiro atoms. The molecule has 0 saturated heterocycles. The Labute approximate surface area is 479 Å². The number of primary amides is 1. The number of carboxylic acids is 1. The normalized spacial score (nSPS) is 15.6. The Morgan fingerprint density at radius 1 is 0.451 bits per heavy atom. The number of aliphatic hydroxyl groups is 1. The Morgan fingerprint density at radius 2 is 0.780 bits per heavy atom. The molecule has 0 radical (unpaired) electrons. The van der Waals surface area contributed by atoms with Crippen molar-refractivity contribution in [2.24, 2.45) is 40.7 Å². The highest BCUT2D eigenvalue weighted by Gasteiger charge is 2.37. The molecule has 9 amide bonds. The molecule has 0 aliphatic rings. The summed E-state index contributed by atoms with van der Waals surface area (Å²) < 4.78 is 0. The third-order valence-electron chi connectivity index (χ3n) is 14.4. The van der Waals surface area contributed by atoms with E-state index in [1.54, 1.807) is 34.6 Å². The van der Waals surface area contributed by atoms with Crippen molar-refractivity contribution in [2.75, 3.05) is 19.7 Å². The number of nitrogens with one attached hydrogen (secondary N) is 8. The van der Waals surface area contributed by atoms with Crippen molar-refractivity contribution in [2.45, 2.75) is 179 Å². The van der Waals surface area contributed by atoms with Crippen LogP contribution in [0.5, 0.6) is 11.5 Å². The van der Waals surface area contributed by atoms with Crippen LogP contribution in [0.4, 0.5) is 0 Å². The molecule has 20 N–H and O–H groups in total. The van der Waals surface area contributed by atoms with Gasteiger partial charge < -0.3 is 85.9 Å². The van der Waals surface area contributed by atoms with Gasteiger partial charge in [0, 0.05) is 19.3 Å². The van der Waals surface area contributed by atoms with Crippen LogP contribution in [0.25, 0.3) is 0 Å². The predicted octanol–water partition coefficient (Wildman–Crippen LogP) is -1.17. The minimum Gasteiger partial charge on any atom is -0.508 e. The first kappa shape index (κ1) is 70.7. The molecule has 0 unspecified atom stereocenters. The number of phenolic OH excluding ortho intramolecular Hbond substituents is 2. The molecular weight excluding hydrogens is 1060 g/mol. The Morgan fingerprint density at radius 3 is 1.16 bits per heavy atom. The predicted molar refractivity (Wildman–Crippen MR) is 304 cm³/mol. The molecule has 0 fully saturated rings. The van der Waals surface area contributed by atoms with E-state index in [0.29, 0.717) is 56.1 Å². The summed E-state index contributed by atoms with van der Waals surface area (Å²) in [6, 6.07) is -0.824. The van der Waals surface area contributed by atoms with Crippen LogP contribution < -0.4 is 65.5 Å². The van der Waals surface area contributed by atoms with Gasteiger partial charge in [-0.15, -0.1) is 0 Å². The van der Waals surface area contributed by atoms with Gasteiger partial charge in [-0.3, -0.25) is 43.2 Å². The number of unbranched alkanes of at least 4 members (excludes halogenated alkanes) is 2. The number of hydrogen-bond acceptors (Lipinski definition) is 16. The van der Waals surface area contributed by atoms with Crippen molar-refractivity contribution < 1.29 is 68.4 Å². The van der Waals surface area contributed by atoms with Crippen LogP contribution in [-0.2, 0) is 60.8 Å². The Hall–Kier alpha value is -7.42. The maximum absolute atomic E-state index is 14.7. The molecule has 82 heavy (non-hydrogen) atoms. The zero-order chi connectivity index (χ0) is 61.6. The lowest BCUT2D eigenvalue weighted by Crippen LogP contribution is -2.62. The number of carboxylic acid groups (broad SMARTS) is 1. The van der Waals surface area contributed by atoms with E-state index < -0.39 is 132 Å². The zero-order valence-electron chi connectivity index (χ0n) is 48.0. The Bertz CT molecular complexity index is 2400. The maximum atomic E-state index is 14.7. The third-order valence-corrected chi connectivity index (χ3v) is 14.4. The van der Waals surface area contributed by atoms with Crippen molar-refractivity contribution in [3.8, 4) is 11.5 Å². The Kier molecular flexibility index (Phi) is 31.8. The summed E-state index contributed by atoms with van der Waals surface area (Å²) in [4.78, 5) is 137. The Balaban J connectivity index is 2.61. The van der Waals surface area contributed by atoms with E-state index in [2.05, 4.69) is 42.5 Å². The second-order valence-corrected chi connectivity index (χ2v) is 20.9. The number of phenols is 2. The van der Waals surface area contributed by atoms with Gasteiger partial charge in [-0.05, 0) is 111 Å². The van der Waals surface area contributed by atoms with Gasteiger partial charge in [0.15, 0.2) is 0 Å². The number of hydrogen-bond donors (Lipinski definition) is 16. The molecule has 2 aromatic rings. The van der Waals surface area contributed by atoms with Crippen molar-refractivity contribution in [3.05, 3.63) is 59.7 Å². The number of rotatable bonds is 39. The van der Waals surface area contributed by atoms with Crippen LogP contribution in [0.15, 0.2) is 48.5 Å². The standard InChI is InChI=1S/C56H90N12O14/c1-7-31(4)45(60)53(78)62-40(24-25-44(59)72)50(75)67-46(32(5)8-2)54(79)63-39(15-11-13-27-58)48(73)64-42(29-35-18-22-37(71)23-19-35)52(77)68-47(33(6)9-3)55(80)65-41(28-34-16-20-36(70)21-17-34)51(76)61-38(14-10-12-26-57)49(74)66-43(30-69)56(81)82/h16-23,31-33,38-43,45-47,69-71H,7-15,24-30,57-58,60H2,1-6H3,(H2,59,72)(H,61,76)(H,62,78)(H,63,79)(H,64,73)(H,65,80)(H,66,74)(H,67,75)(H,68,77)(H,81,82)/t31-,32-,33-,38-,39-,40-,41-,42-,43-,45-,46-,47-/m0/s1. The summed E-state index contributed by atoms with van der Waals surface area (Å²) >= 11 is 0. The minimum absolute atomic E-state index is 0.00561. The van der Waals surface area contributed by atoms with Crippen LogP contribution in [0, 0.1) is 17.8 Å². The lowest BCUT2D eigenvalue weighted by Gasteiger charge is -2.30. The molecule has 2 rings (SSSR count).